The van der Waals surface area contributed by atoms with Crippen LogP contribution in [0.5, 0.6) is 0 Å². The number of hydrogen-bond donors (Lipinski definition) is 1. The molecular weight excluding hydrogens is 196 g/mol. The summed E-state index contributed by atoms with van der Waals surface area (Å²) in [5.74, 6) is 2.76. The average Bonchev–Trinajstić information content (AvgIpc) is 2.88. The Morgan fingerprint density at radius 1 is 1.06 bits per heavy atom. The lowest BCUT2D eigenvalue weighted by atomic mass is 9.84. The number of likely N-dealkylation sites (tertiary alicyclic amines) is 1. The van der Waals surface area contributed by atoms with Gasteiger partial charge in [0, 0.05) is 24.7 Å². The molecule has 3 aliphatic rings. The molecule has 6 unspecified atom stereocenters. The predicted octanol–water partition coefficient (Wildman–Crippen LogP) is 2.23. The molecule has 0 spiro atoms. The van der Waals surface area contributed by atoms with Crippen LogP contribution < -0.4 is 5.73 Å². The Bertz CT molecular complexity index is 265. The van der Waals surface area contributed by atoms with E-state index in [0.29, 0.717) is 18.0 Å². The molecule has 2 heteroatoms. The van der Waals surface area contributed by atoms with Gasteiger partial charge in [-0.3, -0.25) is 4.90 Å². The number of fused-ring (bicyclic) bond motifs is 2. The van der Waals surface area contributed by atoms with Crippen molar-refractivity contribution in [3.63, 3.8) is 0 Å². The maximum absolute atomic E-state index is 6.18. The topological polar surface area (TPSA) is 29.3 Å². The fourth-order valence-electron chi connectivity index (χ4n) is 4.51. The van der Waals surface area contributed by atoms with E-state index in [1.54, 1.807) is 0 Å². The lowest BCUT2D eigenvalue weighted by Crippen LogP contribution is -2.56. The standard InChI is InChI=1S/C14H26N2/c1-9-10(2)16(6-5-13(9)15)14-8-11-3-4-12(14)7-11/h9-14H,3-8,15H2,1-2H3. The second kappa shape index (κ2) is 3.99. The van der Waals surface area contributed by atoms with Crippen molar-refractivity contribution in [2.45, 2.75) is 64.1 Å². The zero-order valence-corrected chi connectivity index (χ0v) is 10.7. The Morgan fingerprint density at radius 3 is 2.50 bits per heavy atom. The Kier molecular flexibility index (Phi) is 2.75. The zero-order valence-electron chi connectivity index (χ0n) is 10.7. The summed E-state index contributed by atoms with van der Waals surface area (Å²) in [6, 6.07) is 2.04. The van der Waals surface area contributed by atoms with Gasteiger partial charge in [-0.25, -0.2) is 0 Å². The summed E-state index contributed by atoms with van der Waals surface area (Å²) >= 11 is 0. The molecule has 3 rings (SSSR count). The molecule has 0 amide bonds. The highest BCUT2D eigenvalue weighted by Crippen LogP contribution is 2.48. The first-order valence-electron chi connectivity index (χ1n) is 7.18. The van der Waals surface area contributed by atoms with Crippen molar-refractivity contribution in [2.75, 3.05) is 6.54 Å². The van der Waals surface area contributed by atoms with E-state index in [1.165, 1.54) is 38.6 Å². The molecule has 2 aliphatic carbocycles. The number of piperidine rings is 1. The monoisotopic (exact) mass is 222 g/mol. The van der Waals surface area contributed by atoms with E-state index in [0.717, 1.165) is 17.9 Å². The first-order valence-corrected chi connectivity index (χ1v) is 7.18. The molecule has 0 aromatic carbocycles. The molecule has 92 valence electrons. The maximum Gasteiger partial charge on any atom is 0.0129 e. The van der Waals surface area contributed by atoms with Crippen LogP contribution in [-0.4, -0.2) is 29.6 Å². The van der Waals surface area contributed by atoms with Crippen LogP contribution in [0.3, 0.4) is 0 Å². The summed E-state index contributed by atoms with van der Waals surface area (Å²) in [5, 5.41) is 0. The molecular formula is C14H26N2. The third-order valence-electron chi connectivity index (χ3n) is 5.81. The second-order valence-corrected chi connectivity index (χ2v) is 6.53. The van der Waals surface area contributed by atoms with Gasteiger partial charge >= 0.3 is 0 Å². The van der Waals surface area contributed by atoms with E-state index in [1.807, 2.05) is 0 Å². The third-order valence-corrected chi connectivity index (χ3v) is 5.81. The molecule has 2 nitrogen and oxygen atoms in total. The van der Waals surface area contributed by atoms with Crippen LogP contribution >= 0.6 is 0 Å². The first-order chi connectivity index (χ1) is 7.66. The molecule has 2 saturated carbocycles. The first kappa shape index (κ1) is 11.0. The number of nitrogens with zero attached hydrogens (tertiary/aromatic N) is 1. The van der Waals surface area contributed by atoms with Gasteiger partial charge in [-0.2, -0.15) is 0 Å². The smallest absolute Gasteiger partial charge is 0.0129 e. The van der Waals surface area contributed by atoms with Crippen LogP contribution in [0.15, 0.2) is 0 Å². The van der Waals surface area contributed by atoms with Gasteiger partial charge in [0.2, 0.25) is 0 Å². The molecule has 1 heterocycles. The second-order valence-electron chi connectivity index (χ2n) is 6.53. The van der Waals surface area contributed by atoms with Crippen molar-refractivity contribution in [3.05, 3.63) is 0 Å². The molecule has 16 heavy (non-hydrogen) atoms. The van der Waals surface area contributed by atoms with Crippen molar-refractivity contribution < 1.29 is 0 Å². The SMILES string of the molecule is CC1C(N)CCN(C2CC3CCC2C3)C1C. The number of nitrogens with two attached hydrogens (primary N) is 1. The quantitative estimate of drug-likeness (QED) is 0.737. The summed E-state index contributed by atoms with van der Waals surface area (Å²) in [4.78, 5) is 2.80. The summed E-state index contributed by atoms with van der Waals surface area (Å²) in [7, 11) is 0. The van der Waals surface area contributed by atoms with Crippen LogP contribution in [0.2, 0.25) is 0 Å². The molecule has 6 atom stereocenters. The van der Waals surface area contributed by atoms with Crippen molar-refractivity contribution in [2.24, 2.45) is 23.5 Å². The summed E-state index contributed by atoms with van der Waals surface area (Å²) in [5.41, 5.74) is 6.18. The van der Waals surface area contributed by atoms with Gasteiger partial charge in [-0.15, -0.1) is 0 Å². The number of hydrogen-bond acceptors (Lipinski definition) is 2. The fourth-order valence-corrected chi connectivity index (χ4v) is 4.51. The van der Waals surface area contributed by atoms with Crippen molar-refractivity contribution in [1.29, 1.82) is 0 Å². The third kappa shape index (κ3) is 1.62. The normalized spacial score (nSPS) is 53.4. The van der Waals surface area contributed by atoms with Crippen LogP contribution in [0.25, 0.3) is 0 Å². The molecule has 1 aliphatic heterocycles. The van der Waals surface area contributed by atoms with Crippen molar-refractivity contribution in [1.82, 2.24) is 4.90 Å². The lowest BCUT2D eigenvalue weighted by Gasteiger charge is -2.46. The molecule has 2 N–H and O–H groups in total. The highest BCUT2D eigenvalue weighted by molar-refractivity contribution is 4.99. The minimum atomic E-state index is 0.435. The molecule has 0 aromatic rings. The minimum absolute atomic E-state index is 0.435. The highest BCUT2D eigenvalue weighted by Gasteiger charge is 2.45. The summed E-state index contributed by atoms with van der Waals surface area (Å²) < 4.78 is 0. The van der Waals surface area contributed by atoms with Crippen LogP contribution in [0.1, 0.15) is 46.0 Å². The largest absolute Gasteiger partial charge is 0.327 e. The van der Waals surface area contributed by atoms with Gasteiger partial charge in [0.25, 0.3) is 0 Å². The van der Waals surface area contributed by atoms with Gasteiger partial charge in [-0.1, -0.05) is 13.3 Å². The Balaban J connectivity index is 1.71. The van der Waals surface area contributed by atoms with E-state index >= 15 is 0 Å². The molecule has 1 saturated heterocycles. The Labute approximate surface area is 99.6 Å². The van der Waals surface area contributed by atoms with Gasteiger partial charge in [0.1, 0.15) is 0 Å². The predicted molar refractivity (Wildman–Crippen MR) is 67.2 cm³/mol. The van der Waals surface area contributed by atoms with E-state index in [9.17, 15) is 0 Å². The summed E-state index contributed by atoms with van der Waals surface area (Å²) in [6.07, 6.45) is 7.22. The maximum atomic E-state index is 6.18. The zero-order chi connectivity index (χ0) is 11.3. The van der Waals surface area contributed by atoms with E-state index in [-0.39, 0.29) is 0 Å². The van der Waals surface area contributed by atoms with Crippen LogP contribution in [0, 0.1) is 17.8 Å². The molecule has 0 aromatic heterocycles. The molecule has 3 fully saturated rings. The van der Waals surface area contributed by atoms with Gasteiger partial charge < -0.3 is 5.73 Å². The molecule has 0 radical (unpaired) electrons. The lowest BCUT2D eigenvalue weighted by molar-refractivity contribution is 0.0327. The van der Waals surface area contributed by atoms with Gasteiger partial charge in [0.15, 0.2) is 0 Å². The molecule has 2 bridgehead atoms. The Hall–Kier alpha value is -0.0800. The number of rotatable bonds is 1. The van der Waals surface area contributed by atoms with Crippen molar-refractivity contribution in [3.8, 4) is 0 Å². The summed E-state index contributed by atoms with van der Waals surface area (Å²) in [6.45, 7) is 5.99. The Morgan fingerprint density at radius 2 is 1.88 bits per heavy atom. The average molecular weight is 222 g/mol. The van der Waals surface area contributed by atoms with Gasteiger partial charge in [-0.05, 0) is 50.4 Å². The van der Waals surface area contributed by atoms with E-state index < -0.39 is 0 Å². The van der Waals surface area contributed by atoms with E-state index in [4.69, 9.17) is 5.73 Å². The van der Waals surface area contributed by atoms with Crippen molar-refractivity contribution >= 4 is 0 Å². The highest BCUT2D eigenvalue weighted by atomic mass is 15.2. The van der Waals surface area contributed by atoms with Crippen LogP contribution in [0.4, 0.5) is 0 Å². The fraction of sp³-hybridized carbons (Fsp3) is 1.00. The minimum Gasteiger partial charge on any atom is -0.327 e. The van der Waals surface area contributed by atoms with Gasteiger partial charge in [0.05, 0.1) is 0 Å². The van der Waals surface area contributed by atoms with Crippen LogP contribution in [-0.2, 0) is 0 Å². The van der Waals surface area contributed by atoms with E-state index in [2.05, 4.69) is 18.7 Å².